The lowest BCUT2D eigenvalue weighted by molar-refractivity contribution is -0.120. The van der Waals surface area contributed by atoms with Gasteiger partial charge in [0, 0.05) is 26.1 Å². The lowest BCUT2D eigenvalue weighted by Crippen LogP contribution is -2.38. The Bertz CT molecular complexity index is 488. The van der Waals surface area contributed by atoms with Crippen molar-refractivity contribution < 1.29 is 9.18 Å². The van der Waals surface area contributed by atoms with Crippen LogP contribution in [0.15, 0.2) is 29.3 Å². The van der Waals surface area contributed by atoms with Gasteiger partial charge < -0.3 is 16.0 Å². The Morgan fingerprint density at radius 1 is 1.09 bits per heavy atom. The topological polar surface area (TPSA) is 65.5 Å². The number of halogens is 1. The normalized spacial score (nSPS) is 11.2. The Hall–Kier alpha value is -2.11. The minimum absolute atomic E-state index is 0.0257. The Morgan fingerprint density at radius 2 is 1.83 bits per heavy atom. The zero-order valence-electron chi connectivity index (χ0n) is 14.0. The molecule has 3 N–H and O–H groups in total. The monoisotopic (exact) mass is 322 g/mol. The number of nitrogens with one attached hydrogen (secondary N) is 3. The molecule has 0 atom stereocenters. The van der Waals surface area contributed by atoms with E-state index in [2.05, 4.69) is 20.9 Å². The van der Waals surface area contributed by atoms with Crippen LogP contribution in [0.25, 0.3) is 0 Å². The van der Waals surface area contributed by atoms with Gasteiger partial charge in [0.1, 0.15) is 5.82 Å². The van der Waals surface area contributed by atoms with Gasteiger partial charge >= 0.3 is 0 Å². The molecule has 1 aromatic carbocycles. The first-order chi connectivity index (χ1) is 11.2. The summed E-state index contributed by atoms with van der Waals surface area (Å²) in [5, 5.41) is 9.18. The molecule has 0 bridgehead atoms. The molecule has 0 saturated heterocycles. The van der Waals surface area contributed by atoms with Crippen LogP contribution in [0, 0.1) is 5.82 Å². The maximum atomic E-state index is 12.8. The quantitative estimate of drug-likeness (QED) is 0.480. The standard InChI is InChI=1S/C17H27FN4O/c1-3-11-20-16(23)10-13-22-17(19-4-2)21-12-9-14-5-7-15(18)8-6-14/h5-8H,3-4,9-13H2,1-2H3,(H,20,23)(H2,19,21,22). The van der Waals surface area contributed by atoms with Crippen molar-refractivity contribution in [3.05, 3.63) is 35.6 Å². The lowest BCUT2D eigenvalue weighted by Gasteiger charge is -2.11. The van der Waals surface area contributed by atoms with E-state index in [4.69, 9.17) is 0 Å². The zero-order chi connectivity index (χ0) is 16.9. The first-order valence-electron chi connectivity index (χ1n) is 8.19. The van der Waals surface area contributed by atoms with E-state index in [9.17, 15) is 9.18 Å². The van der Waals surface area contributed by atoms with Gasteiger partial charge in [0.05, 0.1) is 6.54 Å². The van der Waals surface area contributed by atoms with Gasteiger partial charge in [-0.05, 0) is 37.5 Å². The van der Waals surface area contributed by atoms with Crippen molar-refractivity contribution >= 4 is 11.9 Å². The van der Waals surface area contributed by atoms with E-state index in [0.717, 1.165) is 24.9 Å². The van der Waals surface area contributed by atoms with Gasteiger partial charge in [0.25, 0.3) is 0 Å². The lowest BCUT2D eigenvalue weighted by atomic mass is 10.1. The molecule has 23 heavy (non-hydrogen) atoms. The number of guanidine groups is 1. The summed E-state index contributed by atoms with van der Waals surface area (Å²) in [4.78, 5) is 15.9. The van der Waals surface area contributed by atoms with Crippen molar-refractivity contribution in [2.75, 3.05) is 26.2 Å². The van der Waals surface area contributed by atoms with Crippen LogP contribution in [-0.4, -0.2) is 38.0 Å². The van der Waals surface area contributed by atoms with Crippen LogP contribution in [0.1, 0.15) is 32.3 Å². The predicted octanol–water partition coefficient (Wildman–Crippen LogP) is 1.84. The minimum atomic E-state index is -0.224. The molecule has 0 aromatic heterocycles. The second kappa shape index (κ2) is 11.5. The molecule has 0 aliphatic carbocycles. The maximum Gasteiger partial charge on any atom is 0.221 e. The summed E-state index contributed by atoms with van der Waals surface area (Å²) in [6.45, 7) is 6.61. The molecule has 6 heteroatoms. The van der Waals surface area contributed by atoms with Gasteiger partial charge in [-0.15, -0.1) is 0 Å². The Balaban J connectivity index is 2.34. The molecule has 0 aliphatic heterocycles. The van der Waals surface area contributed by atoms with Crippen molar-refractivity contribution in [1.29, 1.82) is 0 Å². The smallest absolute Gasteiger partial charge is 0.221 e. The third kappa shape index (κ3) is 8.80. The number of rotatable bonds is 9. The van der Waals surface area contributed by atoms with E-state index >= 15 is 0 Å². The summed E-state index contributed by atoms with van der Waals surface area (Å²) in [5.74, 6) is 0.494. The fourth-order valence-corrected chi connectivity index (χ4v) is 1.94. The van der Waals surface area contributed by atoms with E-state index in [-0.39, 0.29) is 11.7 Å². The van der Waals surface area contributed by atoms with E-state index in [1.807, 2.05) is 13.8 Å². The van der Waals surface area contributed by atoms with Crippen molar-refractivity contribution in [2.45, 2.75) is 33.1 Å². The number of amides is 1. The maximum absolute atomic E-state index is 12.8. The van der Waals surface area contributed by atoms with Crippen molar-refractivity contribution in [1.82, 2.24) is 16.0 Å². The van der Waals surface area contributed by atoms with E-state index < -0.39 is 0 Å². The van der Waals surface area contributed by atoms with Crippen LogP contribution < -0.4 is 16.0 Å². The SMILES string of the molecule is CCCNC(=O)CCN=C(NCC)NCCc1ccc(F)cc1. The highest BCUT2D eigenvalue weighted by Crippen LogP contribution is 2.02. The second-order valence-corrected chi connectivity index (χ2v) is 5.16. The van der Waals surface area contributed by atoms with E-state index in [0.29, 0.717) is 32.0 Å². The van der Waals surface area contributed by atoms with Crippen LogP contribution in [0.5, 0.6) is 0 Å². The summed E-state index contributed by atoms with van der Waals surface area (Å²) in [5.41, 5.74) is 1.06. The molecule has 0 heterocycles. The minimum Gasteiger partial charge on any atom is -0.357 e. The summed E-state index contributed by atoms with van der Waals surface area (Å²) >= 11 is 0. The molecular formula is C17H27FN4O. The number of hydrogen-bond donors (Lipinski definition) is 3. The molecule has 1 rings (SSSR count). The molecule has 1 amide bonds. The van der Waals surface area contributed by atoms with E-state index in [1.54, 1.807) is 12.1 Å². The number of benzene rings is 1. The third-order valence-corrected chi connectivity index (χ3v) is 3.14. The first kappa shape index (κ1) is 18.9. The molecule has 0 fully saturated rings. The highest BCUT2D eigenvalue weighted by molar-refractivity contribution is 5.80. The van der Waals surface area contributed by atoms with Crippen molar-refractivity contribution in [3.63, 3.8) is 0 Å². The van der Waals surface area contributed by atoms with Crippen molar-refractivity contribution in [2.24, 2.45) is 4.99 Å². The number of carbonyl (C=O) groups is 1. The molecule has 1 aromatic rings. The Kier molecular flexibility index (Phi) is 9.43. The molecule has 0 radical (unpaired) electrons. The third-order valence-electron chi connectivity index (χ3n) is 3.14. The summed E-state index contributed by atoms with van der Waals surface area (Å²) in [7, 11) is 0. The largest absolute Gasteiger partial charge is 0.357 e. The van der Waals surface area contributed by atoms with Gasteiger partial charge in [-0.1, -0.05) is 19.1 Å². The second-order valence-electron chi connectivity index (χ2n) is 5.16. The Labute approximate surface area is 137 Å². The summed E-state index contributed by atoms with van der Waals surface area (Å²) in [6, 6.07) is 6.48. The molecule has 0 spiro atoms. The van der Waals surface area contributed by atoms with Crippen LogP contribution in [-0.2, 0) is 11.2 Å². The fraction of sp³-hybridized carbons (Fsp3) is 0.529. The van der Waals surface area contributed by atoms with Crippen LogP contribution in [0.4, 0.5) is 4.39 Å². The van der Waals surface area contributed by atoms with Crippen LogP contribution >= 0.6 is 0 Å². The van der Waals surface area contributed by atoms with Crippen LogP contribution in [0.2, 0.25) is 0 Å². The van der Waals surface area contributed by atoms with Gasteiger partial charge in [0.15, 0.2) is 5.96 Å². The van der Waals surface area contributed by atoms with Crippen LogP contribution in [0.3, 0.4) is 0 Å². The average molecular weight is 322 g/mol. The molecule has 0 unspecified atom stereocenters. The summed E-state index contributed by atoms with van der Waals surface area (Å²) in [6.07, 6.45) is 2.10. The molecular weight excluding hydrogens is 295 g/mol. The van der Waals surface area contributed by atoms with Gasteiger partial charge in [0.2, 0.25) is 5.91 Å². The highest BCUT2D eigenvalue weighted by Gasteiger charge is 2.01. The first-order valence-corrected chi connectivity index (χ1v) is 8.19. The van der Waals surface area contributed by atoms with Crippen molar-refractivity contribution in [3.8, 4) is 0 Å². The molecule has 128 valence electrons. The molecule has 0 saturated carbocycles. The van der Waals surface area contributed by atoms with Gasteiger partial charge in [-0.25, -0.2) is 4.39 Å². The Morgan fingerprint density at radius 3 is 2.48 bits per heavy atom. The zero-order valence-corrected chi connectivity index (χ0v) is 14.0. The summed E-state index contributed by atoms with van der Waals surface area (Å²) < 4.78 is 12.8. The fourth-order valence-electron chi connectivity index (χ4n) is 1.94. The highest BCUT2D eigenvalue weighted by atomic mass is 19.1. The van der Waals surface area contributed by atoms with E-state index in [1.165, 1.54) is 12.1 Å². The number of carbonyl (C=O) groups excluding carboxylic acids is 1. The molecule has 0 aliphatic rings. The van der Waals surface area contributed by atoms with Gasteiger partial charge in [-0.3, -0.25) is 9.79 Å². The number of nitrogens with zero attached hydrogens (tertiary/aromatic N) is 1. The van der Waals surface area contributed by atoms with Gasteiger partial charge in [-0.2, -0.15) is 0 Å². The predicted molar refractivity (Wildman–Crippen MR) is 92.0 cm³/mol. The molecule has 5 nitrogen and oxygen atoms in total. The number of hydrogen-bond acceptors (Lipinski definition) is 2. The number of aliphatic imine (C=N–C) groups is 1. The average Bonchev–Trinajstić information content (AvgIpc) is 2.54.